The van der Waals surface area contributed by atoms with Gasteiger partial charge >= 0.3 is 0 Å². The first-order valence-electron chi connectivity index (χ1n) is 3.45. The highest BCUT2D eigenvalue weighted by molar-refractivity contribution is 8.06. The number of thiazole rings is 1. The van der Waals surface area contributed by atoms with Gasteiger partial charge in [-0.3, -0.25) is 4.79 Å². The summed E-state index contributed by atoms with van der Waals surface area (Å²) in [6, 6.07) is 0. The first-order valence-corrected chi connectivity index (χ1v) is 5.98. The SMILES string of the molecule is CCS(=O)(=O)C(=O)c1ncsc1N. The van der Waals surface area contributed by atoms with Gasteiger partial charge in [0.25, 0.3) is 5.12 Å². The molecule has 5 nitrogen and oxygen atoms in total. The van der Waals surface area contributed by atoms with E-state index in [1.54, 1.807) is 0 Å². The van der Waals surface area contributed by atoms with E-state index in [4.69, 9.17) is 5.73 Å². The lowest BCUT2D eigenvalue weighted by atomic mass is 10.5. The van der Waals surface area contributed by atoms with Crippen molar-refractivity contribution in [3.8, 4) is 0 Å². The fourth-order valence-electron chi connectivity index (χ4n) is 0.687. The lowest BCUT2D eigenvalue weighted by Crippen LogP contribution is -2.18. The lowest BCUT2D eigenvalue weighted by Gasteiger charge is -1.96. The van der Waals surface area contributed by atoms with E-state index in [1.165, 1.54) is 12.4 Å². The van der Waals surface area contributed by atoms with Gasteiger partial charge in [-0.25, -0.2) is 13.4 Å². The number of aromatic nitrogens is 1. The summed E-state index contributed by atoms with van der Waals surface area (Å²) in [5, 5.41) is -0.851. The van der Waals surface area contributed by atoms with E-state index in [0.29, 0.717) is 0 Å². The highest BCUT2D eigenvalue weighted by Crippen LogP contribution is 2.18. The minimum Gasteiger partial charge on any atom is -0.389 e. The van der Waals surface area contributed by atoms with Crippen LogP contribution in [0.4, 0.5) is 5.00 Å². The summed E-state index contributed by atoms with van der Waals surface area (Å²) >= 11 is 1.04. The van der Waals surface area contributed by atoms with E-state index in [1.807, 2.05) is 0 Å². The molecule has 0 aliphatic carbocycles. The van der Waals surface area contributed by atoms with E-state index < -0.39 is 15.0 Å². The maximum absolute atomic E-state index is 11.3. The molecule has 0 aliphatic heterocycles. The van der Waals surface area contributed by atoms with Gasteiger partial charge in [0.1, 0.15) is 5.00 Å². The van der Waals surface area contributed by atoms with E-state index in [0.717, 1.165) is 11.3 Å². The van der Waals surface area contributed by atoms with Crippen molar-refractivity contribution >= 4 is 31.3 Å². The van der Waals surface area contributed by atoms with Crippen LogP contribution in [0.2, 0.25) is 0 Å². The Morgan fingerprint density at radius 2 is 2.31 bits per heavy atom. The molecule has 0 saturated carbocycles. The van der Waals surface area contributed by atoms with Crippen molar-refractivity contribution in [1.29, 1.82) is 0 Å². The average molecular weight is 220 g/mol. The summed E-state index contributed by atoms with van der Waals surface area (Å²) < 4.78 is 22.2. The summed E-state index contributed by atoms with van der Waals surface area (Å²) in [4.78, 5) is 14.9. The molecule has 7 heteroatoms. The van der Waals surface area contributed by atoms with Crippen LogP contribution in [0.5, 0.6) is 0 Å². The van der Waals surface area contributed by atoms with Crippen molar-refractivity contribution in [1.82, 2.24) is 4.98 Å². The van der Waals surface area contributed by atoms with Gasteiger partial charge in [-0.2, -0.15) is 0 Å². The van der Waals surface area contributed by atoms with Crippen LogP contribution < -0.4 is 5.73 Å². The second-order valence-corrected chi connectivity index (χ2v) is 5.32. The van der Waals surface area contributed by atoms with Crippen molar-refractivity contribution in [2.24, 2.45) is 0 Å². The molecule has 0 bridgehead atoms. The number of nitrogens with two attached hydrogens (primary N) is 1. The van der Waals surface area contributed by atoms with Crippen LogP contribution in [0.1, 0.15) is 17.4 Å². The Balaban J connectivity index is 3.14. The smallest absolute Gasteiger partial charge is 0.297 e. The monoisotopic (exact) mass is 220 g/mol. The number of sulfone groups is 1. The van der Waals surface area contributed by atoms with Gasteiger partial charge in [-0.05, 0) is 0 Å². The standard InChI is InChI=1S/C6H8N2O3S2/c1-2-13(10,11)6(9)4-5(7)12-3-8-4/h3H,2,7H2,1H3. The zero-order chi connectivity index (χ0) is 10.1. The maximum atomic E-state index is 11.3. The number of carbonyl (C=O) groups is 1. The number of hydrogen-bond acceptors (Lipinski definition) is 6. The first-order chi connectivity index (χ1) is 5.99. The molecule has 0 spiro atoms. The van der Waals surface area contributed by atoms with E-state index in [9.17, 15) is 13.2 Å². The van der Waals surface area contributed by atoms with Crippen molar-refractivity contribution in [2.75, 3.05) is 11.5 Å². The molecule has 0 unspecified atom stereocenters. The summed E-state index contributed by atoms with van der Waals surface area (Å²) in [7, 11) is -3.72. The Labute approximate surface area is 79.5 Å². The molecule has 0 radical (unpaired) electrons. The van der Waals surface area contributed by atoms with E-state index in [2.05, 4.69) is 4.98 Å². The van der Waals surface area contributed by atoms with Crippen molar-refractivity contribution < 1.29 is 13.2 Å². The Morgan fingerprint density at radius 1 is 1.69 bits per heavy atom. The molecular formula is C6H8N2O3S2. The van der Waals surface area contributed by atoms with Gasteiger partial charge in [0, 0.05) is 0 Å². The number of rotatable bonds is 2. The Bertz CT molecular complexity index is 421. The lowest BCUT2D eigenvalue weighted by molar-refractivity contribution is 0.107. The van der Waals surface area contributed by atoms with Crippen LogP contribution in [-0.2, 0) is 9.84 Å². The molecule has 1 heterocycles. The molecule has 1 aromatic heterocycles. The van der Waals surface area contributed by atoms with Crippen LogP contribution in [0.3, 0.4) is 0 Å². The summed E-state index contributed by atoms with van der Waals surface area (Å²) in [5.74, 6) is -0.233. The molecule has 1 aromatic rings. The first kappa shape index (κ1) is 10.1. The largest absolute Gasteiger partial charge is 0.389 e. The predicted octanol–water partition coefficient (Wildman–Crippen LogP) is 0.300. The normalized spacial score (nSPS) is 11.5. The summed E-state index contributed by atoms with van der Waals surface area (Å²) in [5.41, 5.74) is 6.54. The van der Waals surface area contributed by atoms with Gasteiger partial charge in [0.05, 0.1) is 11.3 Å². The molecule has 1 rings (SSSR count). The molecule has 0 atom stereocenters. The summed E-state index contributed by atoms with van der Waals surface area (Å²) in [6.45, 7) is 1.40. The van der Waals surface area contributed by atoms with Crippen LogP contribution in [0.15, 0.2) is 5.51 Å². The van der Waals surface area contributed by atoms with Gasteiger partial charge in [-0.1, -0.05) is 6.92 Å². The highest BCUT2D eigenvalue weighted by Gasteiger charge is 2.25. The minimum absolute atomic E-state index is 0.141. The zero-order valence-corrected chi connectivity index (χ0v) is 8.48. The molecule has 0 saturated heterocycles. The molecule has 0 fully saturated rings. The summed E-state index contributed by atoms with van der Waals surface area (Å²) in [6.07, 6.45) is 0. The minimum atomic E-state index is -3.72. The fraction of sp³-hybridized carbons (Fsp3) is 0.333. The van der Waals surface area contributed by atoms with Crippen LogP contribution in [0.25, 0.3) is 0 Å². The van der Waals surface area contributed by atoms with Crippen molar-refractivity contribution in [2.45, 2.75) is 6.92 Å². The van der Waals surface area contributed by atoms with Gasteiger partial charge in [-0.15, -0.1) is 11.3 Å². The molecular weight excluding hydrogens is 212 g/mol. The highest BCUT2D eigenvalue weighted by atomic mass is 32.2. The third-order valence-corrected chi connectivity index (χ3v) is 3.63. The zero-order valence-electron chi connectivity index (χ0n) is 6.85. The number of nitrogens with zero attached hydrogens (tertiary/aromatic N) is 1. The molecule has 2 N–H and O–H groups in total. The molecule has 0 aliphatic rings. The molecule has 72 valence electrons. The van der Waals surface area contributed by atoms with Gasteiger partial charge < -0.3 is 5.73 Å². The van der Waals surface area contributed by atoms with Crippen LogP contribution >= 0.6 is 11.3 Å². The average Bonchev–Trinajstić information content (AvgIpc) is 2.50. The van der Waals surface area contributed by atoms with E-state index >= 15 is 0 Å². The Hall–Kier alpha value is -0.950. The number of hydrogen-bond donors (Lipinski definition) is 1. The fourth-order valence-corrected chi connectivity index (χ4v) is 2.00. The molecule has 0 aromatic carbocycles. The Kier molecular flexibility index (Phi) is 2.67. The number of nitrogen functional groups attached to an aromatic ring is 1. The second-order valence-electron chi connectivity index (χ2n) is 2.26. The second kappa shape index (κ2) is 3.43. The predicted molar refractivity (Wildman–Crippen MR) is 50.3 cm³/mol. The third kappa shape index (κ3) is 1.86. The van der Waals surface area contributed by atoms with Crippen LogP contribution in [-0.4, -0.2) is 24.3 Å². The number of carbonyl (C=O) groups excluding carboxylic acids is 1. The van der Waals surface area contributed by atoms with Crippen LogP contribution in [0, 0.1) is 0 Å². The topological polar surface area (TPSA) is 90.1 Å². The third-order valence-electron chi connectivity index (χ3n) is 1.45. The number of anilines is 1. The van der Waals surface area contributed by atoms with Gasteiger partial charge in [0.2, 0.25) is 9.84 Å². The van der Waals surface area contributed by atoms with Crippen molar-refractivity contribution in [3.05, 3.63) is 11.2 Å². The van der Waals surface area contributed by atoms with E-state index in [-0.39, 0.29) is 16.4 Å². The molecule has 0 amide bonds. The Morgan fingerprint density at radius 3 is 2.69 bits per heavy atom. The quantitative estimate of drug-likeness (QED) is 0.774. The maximum Gasteiger partial charge on any atom is 0.297 e. The molecule has 13 heavy (non-hydrogen) atoms. The van der Waals surface area contributed by atoms with Gasteiger partial charge in [0.15, 0.2) is 5.69 Å². The van der Waals surface area contributed by atoms with Crippen molar-refractivity contribution in [3.63, 3.8) is 0 Å².